The second-order valence-electron chi connectivity index (χ2n) is 6.07. The van der Waals surface area contributed by atoms with Crippen LogP contribution in [0.2, 0.25) is 0 Å². The van der Waals surface area contributed by atoms with Crippen LogP contribution in [-0.4, -0.2) is 36.5 Å². The molecule has 0 aliphatic heterocycles. The molecule has 1 heterocycles. The summed E-state index contributed by atoms with van der Waals surface area (Å²) in [6.07, 6.45) is 3.48. The molecule has 0 aliphatic rings. The third-order valence-corrected chi connectivity index (χ3v) is 5.09. The van der Waals surface area contributed by atoms with E-state index in [2.05, 4.69) is 27.8 Å². The van der Waals surface area contributed by atoms with Gasteiger partial charge in [0.05, 0.1) is 22.5 Å². The zero-order chi connectivity index (χ0) is 18.6. The van der Waals surface area contributed by atoms with E-state index in [1.165, 1.54) is 17.7 Å². The summed E-state index contributed by atoms with van der Waals surface area (Å²) in [5, 5.41) is 16.8. The molecule has 2 aromatic carbocycles. The third-order valence-electron chi connectivity index (χ3n) is 4.16. The molecule has 0 bridgehead atoms. The Morgan fingerprint density at radius 3 is 2.38 bits per heavy atom. The average molecular weight is 371 g/mol. The maximum Gasteiger partial charge on any atom is 0.238 e. The Hall–Kier alpha value is -2.55. The summed E-state index contributed by atoms with van der Waals surface area (Å²) in [6, 6.07) is 16.7. The number of hydrogen-bond acceptors (Lipinski definition) is 5. The van der Waals surface area contributed by atoms with Crippen molar-refractivity contribution in [1.82, 2.24) is 20.3 Å². The van der Waals surface area contributed by atoms with Crippen LogP contribution >= 0.6 is 0 Å². The number of sulfonamides is 1. The van der Waals surface area contributed by atoms with Crippen LogP contribution in [-0.2, 0) is 22.9 Å². The molecule has 1 unspecified atom stereocenters. The Morgan fingerprint density at radius 1 is 1.08 bits per heavy atom. The first-order chi connectivity index (χ1) is 12.5. The average Bonchev–Trinajstić information content (AvgIpc) is 3.10. The molecule has 1 atom stereocenters. The molecule has 0 radical (unpaired) electrons. The van der Waals surface area contributed by atoms with Gasteiger partial charge in [0.2, 0.25) is 10.0 Å². The van der Waals surface area contributed by atoms with Crippen LogP contribution in [0, 0.1) is 0 Å². The molecular weight excluding hydrogens is 350 g/mol. The van der Waals surface area contributed by atoms with Crippen LogP contribution in [0.5, 0.6) is 0 Å². The third kappa shape index (κ3) is 4.54. The van der Waals surface area contributed by atoms with Crippen LogP contribution in [0.4, 0.5) is 0 Å². The molecule has 7 nitrogen and oxygen atoms in total. The lowest BCUT2D eigenvalue weighted by Crippen LogP contribution is -2.30. The summed E-state index contributed by atoms with van der Waals surface area (Å²) < 4.78 is 24.3. The standard InChI is InChI=1S/C18H21N5O2S/c1-20-15(11-14-5-3-2-4-6-14)12-16-13-23(22-21-16)17-7-9-18(10-8-17)26(19,24)25/h2-10,13,15,20H,11-12H2,1H3,(H2,19,24,25). The monoisotopic (exact) mass is 371 g/mol. The van der Waals surface area contributed by atoms with Crippen molar-refractivity contribution in [3.8, 4) is 5.69 Å². The minimum absolute atomic E-state index is 0.0692. The zero-order valence-corrected chi connectivity index (χ0v) is 15.2. The molecule has 8 heteroatoms. The molecule has 0 spiro atoms. The second kappa shape index (κ2) is 7.77. The van der Waals surface area contributed by atoms with E-state index >= 15 is 0 Å². The maximum atomic E-state index is 11.3. The van der Waals surface area contributed by atoms with Crippen LogP contribution in [0.25, 0.3) is 5.69 Å². The van der Waals surface area contributed by atoms with Gasteiger partial charge < -0.3 is 5.32 Å². The number of nitrogens with one attached hydrogen (secondary N) is 1. The van der Waals surface area contributed by atoms with E-state index in [-0.39, 0.29) is 10.9 Å². The summed E-state index contributed by atoms with van der Waals surface area (Å²) in [6.45, 7) is 0. The lowest BCUT2D eigenvalue weighted by atomic mass is 10.0. The number of nitrogens with two attached hydrogens (primary N) is 1. The van der Waals surface area contributed by atoms with Gasteiger partial charge in [0.15, 0.2) is 0 Å². The van der Waals surface area contributed by atoms with Crippen molar-refractivity contribution >= 4 is 10.0 Å². The summed E-state index contributed by atoms with van der Waals surface area (Å²) in [5.41, 5.74) is 2.84. The van der Waals surface area contributed by atoms with Crippen molar-refractivity contribution in [2.75, 3.05) is 7.05 Å². The Bertz CT molecular complexity index is 953. The Kier molecular flexibility index (Phi) is 5.46. The summed E-state index contributed by atoms with van der Waals surface area (Å²) in [4.78, 5) is 0.0692. The fraction of sp³-hybridized carbons (Fsp3) is 0.222. The Morgan fingerprint density at radius 2 is 1.77 bits per heavy atom. The van der Waals surface area contributed by atoms with Gasteiger partial charge in [-0.25, -0.2) is 18.2 Å². The Labute approximate surface area is 152 Å². The smallest absolute Gasteiger partial charge is 0.238 e. The number of aromatic nitrogens is 3. The van der Waals surface area contributed by atoms with E-state index in [4.69, 9.17) is 5.14 Å². The quantitative estimate of drug-likeness (QED) is 0.651. The van der Waals surface area contributed by atoms with Crippen LogP contribution in [0.3, 0.4) is 0 Å². The molecule has 3 aromatic rings. The van der Waals surface area contributed by atoms with Crippen LogP contribution in [0.15, 0.2) is 65.7 Å². The van der Waals surface area contributed by atoms with E-state index in [1.54, 1.807) is 16.8 Å². The van der Waals surface area contributed by atoms with Gasteiger partial charge in [-0.2, -0.15) is 0 Å². The van der Waals surface area contributed by atoms with E-state index < -0.39 is 10.0 Å². The first kappa shape index (κ1) is 18.2. The van der Waals surface area contributed by atoms with Crippen LogP contribution in [0.1, 0.15) is 11.3 Å². The van der Waals surface area contributed by atoms with Crippen molar-refractivity contribution in [3.05, 3.63) is 72.1 Å². The number of benzene rings is 2. The van der Waals surface area contributed by atoms with Gasteiger partial charge in [-0.3, -0.25) is 0 Å². The largest absolute Gasteiger partial charge is 0.316 e. The molecular formula is C18H21N5O2S. The summed E-state index contributed by atoms with van der Waals surface area (Å²) in [5.74, 6) is 0. The normalized spacial score (nSPS) is 12.8. The molecule has 136 valence electrons. The van der Waals surface area contributed by atoms with E-state index in [1.807, 2.05) is 31.4 Å². The van der Waals surface area contributed by atoms with Gasteiger partial charge in [-0.05, 0) is 43.3 Å². The van der Waals surface area contributed by atoms with Crippen molar-refractivity contribution < 1.29 is 8.42 Å². The zero-order valence-electron chi connectivity index (χ0n) is 14.4. The lowest BCUT2D eigenvalue weighted by Gasteiger charge is -2.14. The van der Waals surface area contributed by atoms with Gasteiger partial charge in [0, 0.05) is 12.5 Å². The predicted octanol–water partition coefficient (Wildman–Crippen LogP) is 1.29. The highest BCUT2D eigenvalue weighted by Gasteiger charge is 2.12. The summed E-state index contributed by atoms with van der Waals surface area (Å²) >= 11 is 0. The maximum absolute atomic E-state index is 11.3. The van der Waals surface area contributed by atoms with Gasteiger partial charge in [0.25, 0.3) is 0 Å². The minimum Gasteiger partial charge on any atom is -0.316 e. The number of likely N-dealkylation sites (N-methyl/N-ethyl adjacent to an activating group) is 1. The molecule has 0 saturated heterocycles. The molecule has 3 N–H and O–H groups in total. The number of hydrogen-bond donors (Lipinski definition) is 2. The second-order valence-corrected chi connectivity index (χ2v) is 7.63. The molecule has 3 rings (SSSR count). The van der Waals surface area contributed by atoms with Gasteiger partial charge in [-0.1, -0.05) is 35.5 Å². The van der Waals surface area contributed by atoms with E-state index in [0.717, 1.165) is 24.2 Å². The van der Waals surface area contributed by atoms with E-state index in [9.17, 15) is 8.42 Å². The van der Waals surface area contributed by atoms with Crippen molar-refractivity contribution in [3.63, 3.8) is 0 Å². The van der Waals surface area contributed by atoms with Gasteiger partial charge >= 0.3 is 0 Å². The number of nitrogens with zero attached hydrogens (tertiary/aromatic N) is 3. The SMILES string of the molecule is CNC(Cc1ccccc1)Cc1cn(-c2ccc(S(N)(=O)=O)cc2)nn1. The first-order valence-corrected chi connectivity index (χ1v) is 9.76. The first-order valence-electron chi connectivity index (χ1n) is 8.21. The van der Waals surface area contributed by atoms with Crippen LogP contribution < -0.4 is 10.5 Å². The van der Waals surface area contributed by atoms with Gasteiger partial charge in [-0.15, -0.1) is 5.10 Å². The highest BCUT2D eigenvalue weighted by atomic mass is 32.2. The predicted molar refractivity (Wildman–Crippen MR) is 99.4 cm³/mol. The molecule has 0 fully saturated rings. The highest BCUT2D eigenvalue weighted by molar-refractivity contribution is 7.89. The topological polar surface area (TPSA) is 103 Å². The van der Waals surface area contributed by atoms with E-state index in [0.29, 0.717) is 0 Å². The molecule has 0 saturated carbocycles. The number of primary sulfonamides is 1. The fourth-order valence-electron chi connectivity index (χ4n) is 2.73. The molecule has 0 aliphatic carbocycles. The molecule has 1 aromatic heterocycles. The minimum atomic E-state index is -3.70. The summed E-state index contributed by atoms with van der Waals surface area (Å²) in [7, 11) is -1.76. The van der Waals surface area contributed by atoms with Crippen molar-refractivity contribution in [1.29, 1.82) is 0 Å². The van der Waals surface area contributed by atoms with Gasteiger partial charge in [0.1, 0.15) is 0 Å². The number of rotatable bonds is 7. The molecule has 26 heavy (non-hydrogen) atoms. The lowest BCUT2D eigenvalue weighted by molar-refractivity contribution is 0.549. The fourth-order valence-corrected chi connectivity index (χ4v) is 3.25. The Balaban J connectivity index is 1.71. The van der Waals surface area contributed by atoms with Crippen molar-refractivity contribution in [2.24, 2.45) is 5.14 Å². The molecule has 0 amide bonds. The van der Waals surface area contributed by atoms with Crippen molar-refractivity contribution in [2.45, 2.75) is 23.8 Å². The highest BCUT2D eigenvalue weighted by Crippen LogP contribution is 2.13.